The Bertz CT molecular complexity index is 478. The summed E-state index contributed by atoms with van der Waals surface area (Å²) in [6.07, 6.45) is 0. The Morgan fingerprint density at radius 2 is 2.24 bits per heavy atom. The quantitative estimate of drug-likeness (QED) is 0.852. The molecule has 0 fully saturated rings. The summed E-state index contributed by atoms with van der Waals surface area (Å²) in [5.41, 5.74) is 6.38. The van der Waals surface area contributed by atoms with Crippen molar-refractivity contribution in [2.75, 3.05) is 7.11 Å². The Hall–Kier alpha value is -1.73. The first kappa shape index (κ1) is 13.3. The third-order valence-electron chi connectivity index (χ3n) is 2.17. The molecule has 8 heteroatoms. The number of nitrogens with zero attached hydrogens (tertiary/aromatic N) is 3. The number of aromatic amines is 1. The SMILES string of the molecule is COc1ccc(C(N)c2nn[nH]n2)cc1F.Cl. The number of rotatable bonds is 3. The Morgan fingerprint density at radius 1 is 1.47 bits per heavy atom. The highest BCUT2D eigenvalue weighted by Crippen LogP contribution is 2.22. The molecule has 0 aliphatic heterocycles. The lowest BCUT2D eigenvalue weighted by molar-refractivity contribution is 0.386. The number of H-pyrrole nitrogens is 1. The smallest absolute Gasteiger partial charge is 0.195 e. The molecule has 3 N–H and O–H groups in total. The third-order valence-corrected chi connectivity index (χ3v) is 2.17. The number of ether oxygens (including phenoxy) is 1. The van der Waals surface area contributed by atoms with E-state index in [9.17, 15) is 4.39 Å². The summed E-state index contributed by atoms with van der Waals surface area (Å²) >= 11 is 0. The van der Waals surface area contributed by atoms with Gasteiger partial charge in [0.05, 0.1) is 13.2 Å². The normalized spacial score (nSPS) is 11.7. The second kappa shape index (κ2) is 5.55. The van der Waals surface area contributed by atoms with E-state index < -0.39 is 11.9 Å². The van der Waals surface area contributed by atoms with Crippen molar-refractivity contribution in [1.29, 1.82) is 0 Å². The van der Waals surface area contributed by atoms with Gasteiger partial charge in [-0.25, -0.2) is 4.39 Å². The largest absolute Gasteiger partial charge is 0.494 e. The highest BCUT2D eigenvalue weighted by Gasteiger charge is 2.15. The maximum atomic E-state index is 13.4. The second-order valence-electron chi connectivity index (χ2n) is 3.14. The number of hydrogen-bond donors (Lipinski definition) is 2. The Morgan fingerprint density at radius 3 is 2.76 bits per heavy atom. The van der Waals surface area contributed by atoms with Gasteiger partial charge in [0.15, 0.2) is 17.4 Å². The molecule has 1 unspecified atom stereocenters. The van der Waals surface area contributed by atoms with Crippen LogP contribution in [0.1, 0.15) is 17.4 Å². The Labute approximate surface area is 103 Å². The molecule has 1 aromatic heterocycles. The molecule has 0 saturated carbocycles. The lowest BCUT2D eigenvalue weighted by Gasteiger charge is -2.09. The van der Waals surface area contributed by atoms with E-state index in [0.717, 1.165) is 0 Å². The van der Waals surface area contributed by atoms with Crippen LogP contribution in [0.4, 0.5) is 4.39 Å². The van der Waals surface area contributed by atoms with Crippen molar-refractivity contribution < 1.29 is 9.13 Å². The van der Waals surface area contributed by atoms with Gasteiger partial charge in [-0.1, -0.05) is 11.3 Å². The van der Waals surface area contributed by atoms with Crippen LogP contribution in [-0.4, -0.2) is 27.7 Å². The first-order valence-electron chi connectivity index (χ1n) is 4.54. The molecule has 0 radical (unpaired) electrons. The highest BCUT2D eigenvalue weighted by molar-refractivity contribution is 5.85. The third kappa shape index (κ3) is 2.69. The van der Waals surface area contributed by atoms with Crippen LogP contribution in [0.15, 0.2) is 18.2 Å². The van der Waals surface area contributed by atoms with Crippen molar-refractivity contribution >= 4 is 12.4 Å². The predicted octanol–water partition coefficient (Wildman–Crippen LogP) is 0.817. The van der Waals surface area contributed by atoms with Crippen LogP contribution in [0.5, 0.6) is 5.75 Å². The number of benzene rings is 1. The average Bonchev–Trinajstić information content (AvgIpc) is 2.81. The molecule has 92 valence electrons. The molecule has 0 aliphatic carbocycles. The highest BCUT2D eigenvalue weighted by atomic mass is 35.5. The zero-order valence-electron chi connectivity index (χ0n) is 8.92. The average molecular weight is 260 g/mol. The monoisotopic (exact) mass is 259 g/mol. The lowest BCUT2D eigenvalue weighted by Crippen LogP contribution is -2.14. The van der Waals surface area contributed by atoms with E-state index in [2.05, 4.69) is 20.6 Å². The van der Waals surface area contributed by atoms with Crippen LogP contribution < -0.4 is 10.5 Å². The van der Waals surface area contributed by atoms with Crippen molar-refractivity contribution in [3.8, 4) is 5.75 Å². The molecular formula is C9H11ClFN5O. The molecule has 1 atom stereocenters. The number of nitrogens with one attached hydrogen (secondary N) is 1. The van der Waals surface area contributed by atoms with Gasteiger partial charge in [-0.3, -0.25) is 0 Å². The lowest BCUT2D eigenvalue weighted by atomic mass is 10.1. The van der Waals surface area contributed by atoms with Gasteiger partial charge in [0.25, 0.3) is 0 Å². The topological polar surface area (TPSA) is 89.7 Å². The van der Waals surface area contributed by atoms with Crippen LogP contribution in [-0.2, 0) is 0 Å². The van der Waals surface area contributed by atoms with Gasteiger partial charge in [0.2, 0.25) is 0 Å². The standard InChI is InChI=1S/C9H10FN5O.ClH/c1-16-7-3-2-5(4-6(7)10)8(11)9-12-14-15-13-9;/h2-4,8H,11H2,1H3,(H,12,13,14,15);1H. The summed E-state index contributed by atoms with van der Waals surface area (Å²) < 4.78 is 18.2. The van der Waals surface area contributed by atoms with Gasteiger partial charge in [-0.15, -0.1) is 22.6 Å². The first-order chi connectivity index (χ1) is 7.72. The van der Waals surface area contributed by atoms with E-state index in [1.807, 2.05) is 0 Å². The summed E-state index contributed by atoms with van der Waals surface area (Å²) in [5, 5.41) is 13.2. The molecule has 0 amide bonds. The van der Waals surface area contributed by atoms with E-state index in [1.54, 1.807) is 6.07 Å². The van der Waals surface area contributed by atoms with E-state index in [-0.39, 0.29) is 18.2 Å². The van der Waals surface area contributed by atoms with Crippen molar-refractivity contribution in [2.24, 2.45) is 5.73 Å². The molecule has 17 heavy (non-hydrogen) atoms. The summed E-state index contributed by atoms with van der Waals surface area (Å²) in [7, 11) is 1.40. The molecule has 0 saturated heterocycles. The second-order valence-corrected chi connectivity index (χ2v) is 3.14. The fourth-order valence-corrected chi connectivity index (χ4v) is 1.33. The van der Waals surface area contributed by atoms with Crippen molar-refractivity contribution in [3.63, 3.8) is 0 Å². The summed E-state index contributed by atoms with van der Waals surface area (Å²) in [6, 6.07) is 3.84. The van der Waals surface area contributed by atoms with E-state index in [1.165, 1.54) is 19.2 Å². The van der Waals surface area contributed by atoms with Gasteiger partial charge in [-0.2, -0.15) is 5.21 Å². The predicted molar refractivity (Wildman–Crippen MR) is 60.4 cm³/mol. The number of nitrogens with two attached hydrogens (primary N) is 1. The maximum Gasteiger partial charge on any atom is 0.195 e. The molecule has 2 rings (SSSR count). The summed E-state index contributed by atoms with van der Waals surface area (Å²) in [5.74, 6) is 0.00701. The Balaban J connectivity index is 0.00000144. The molecule has 6 nitrogen and oxygen atoms in total. The minimum Gasteiger partial charge on any atom is -0.494 e. The minimum atomic E-state index is -0.612. The molecule has 1 heterocycles. The van der Waals surface area contributed by atoms with Gasteiger partial charge >= 0.3 is 0 Å². The fraction of sp³-hybridized carbons (Fsp3) is 0.222. The number of halogens is 2. The molecule has 2 aromatic rings. The van der Waals surface area contributed by atoms with Crippen LogP contribution in [0.2, 0.25) is 0 Å². The zero-order valence-corrected chi connectivity index (χ0v) is 9.74. The number of methoxy groups -OCH3 is 1. The first-order valence-corrected chi connectivity index (χ1v) is 4.54. The van der Waals surface area contributed by atoms with E-state index >= 15 is 0 Å². The maximum absolute atomic E-state index is 13.4. The van der Waals surface area contributed by atoms with Crippen LogP contribution in [0.3, 0.4) is 0 Å². The van der Waals surface area contributed by atoms with Gasteiger partial charge in [0, 0.05) is 0 Å². The van der Waals surface area contributed by atoms with Gasteiger partial charge in [-0.05, 0) is 17.7 Å². The van der Waals surface area contributed by atoms with Gasteiger partial charge in [0.1, 0.15) is 0 Å². The van der Waals surface area contributed by atoms with Gasteiger partial charge < -0.3 is 10.5 Å². The molecular weight excluding hydrogens is 249 g/mol. The molecule has 1 aromatic carbocycles. The van der Waals surface area contributed by atoms with E-state index in [4.69, 9.17) is 10.5 Å². The van der Waals surface area contributed by atoms with Crippen molar-refractivity contribution in [3.05, 3.63) is 35.4 Å². The molecule has 0 spiro atoms. The fourth-order valence-electron chi connectivity index (χ4n) is 1.33. The minimum absolute atomic E-state index is 0. The summed E-state index contributed by atoms with van der Waals surface area (Å²) in [4.78, 5) is 0. The number of aromatic nitrogens is 4. The van der Waals surface area contributed by atoms with Crippen LogP contribution in [0.25, 0.3) is 0 Å². The number of hydrogen-bond acceptors (Lipinski definition) is 5. The number of tetrazole rings is 1. The van der Waals surface area contributed by atoms with E-state index in [0.29, 0.717) is 11.4 Å². The summed E-state index contributed by atoms with van der Waals surface area (Å²) in [6.45, 7) is 0. The molecule has 0 aliphatic rings. The molecule has 0 bridgehead atoms. The Kier molecular flexibility index (Phi) is 4.36. The van der Waals surface area contributed by atoms with Crippen molar-refractivity contribution in [1.82, 2.24) is 20.6 Å². The van der Waals surface area contributed by atoms with Crippen LogP contribution in [0, 0.1) is 5.82 Å². The van der Waals surface area contributed by atoms with Crippen LogP contribution >= 0.6 is 12.4 Å². The van der Waals surface area contributed by atoms with Crippen molar-refractivity contribution in [2.45, 2.75) is 6.04 Å². The zero-order chi connectivity index (χ0) is 11.5.